The fourth-order valence-electron chi connectivity index (χ4n) is 3.45. The maximum atomic E-state index is 12.4. The molecule has 0 spiro atoms. The number of hydrogen-bond donors (Lipinski definition) is 1. The van der Waals surface area contributed by atoms with Crippen LogP contribution in [0.2, 0.25) is 0 Å². The zero-order valence-electron chi connectivity index (χ0n) is 18.0. The molecule has 1 amide bonds. The monoisotopic (exact) mass is 420 g/mol. The maximum Gasteiger partial charge on any atom is 0.244 e. The van der Waals surface area contributed by atoms with Gasteiger partial charge in [-0.3, -0.25) is 4.79 Å². The van der Waals surface area contributed by atoms with E-state index in [0.717, 1.165) is 37.3 Å². The fourth-order valence-corrected chi connectivity index (χ4v) is 3.45. The number of methoxy groups -OCH3 is 1. The average molecular weight is 421 g/mol. The molecule has 0 aliphatic carbocycles. The second-order valence-corrected chi connectivity index (χ2v) is 7.33. The third-order valence-corrected chi connectivity index (χ3v) is 5.20. The molecule has 0 radical (unpaired) electrons. The minimum Gasteiger partial charge on any atom is -0.493 e. The van der Waals surface area contributed by atoms with E-state index in [1.165, 1.54) is 18.9 Å². The Balaban J connectivity index is 1.59. The summed E-state index contributed by atoms with van der Waals surface area (Å²) < 4.78 is 10.6. The SMILES string of the molecule is COc1cc(/C=C/C(=O)NCc2ccccc2N2CCN(C)CC2)ccc1OCC#N. The van der Waals surface area contributed by atoms with Crippen LogP contribution in [-0.4, -0.2) is 57.8 Å². The Morgan fingerprint density at radius 1 is 1.16 bits per heavy atom. The predicted octanol–water partition coefficient (Wildman–Crippen LogP) is 2.68. The van der Waals surface area contributed by atoms with E-state index in [1.807, 2.05) is 24.3 Å². The Morgan fingerprint density at radius 3 is 2.68 bits per heavy atom. The van der Waals surface area contributed by atoms with E-state index < -0.39 is 0 Å². The zero-order valence-corrected chi connectivity index (χ0v) is 18.0. The smallest absolute Gasteiger partial charge is 0.244 e. The summed E-state index contributed by atoms with van der Waals surface area (Å²) >= 11 is 0. The van der Waals surface area contributed by atoms with Gasteiger partial charge in [0.05, 0.1) is 7.11 Å². The highest BCUT2D eigenvalue weighted by atomic mass is 16.5. The van der Waals surface area contributed by atoms with E-state index in [2.05, 4.69) is 34.3 Å². The van der Waals surface area contributed by atoms with Crippen LogP contribution in [0, 0.1) is 11.3 Å². The molecule has 162 valence electrons. The van der Waals surface area contributed by atoms with Crippen molar-refractivity contribution in [1.29, 1.82) is 5.26 Å². The summed E-state index contributed by atoms with van der Waals surface area (Å²) in [5.41, 5.74) is 3.08. The Kier molecular flexibility index (Phi) is 7.91. The minimum atomic E-state index is -0.169. The zero-order chi connectivity index (χ0) is 22.1. The molecule has 1 N–H and O–H groups in total. The molecule has 3 rings (SSSR count). The average Bonchev–Trinajstić information content (AvgIpc) is 2.81. The molecule has 0 saturated carbocycles. The lowest BCUT2D eigenvalue weighted by Crippen LogP contribution is -2.45. The van der Waals surface area contributed by atoms with Crippen LogP contribution in [0.4, 0.5) is 5.69 Å². The first kappa shape index (κ1) is 22.2. The van der Waals surface area contributed by atoms with Gasteiger partial charge in [-0.25, -0.2) is 0 Å². The highest BCUT2D eigenvalue weighted by Crippen LogP contribution is 2.28. The van der Waals surface area contributed by atoms with Crippen LogP contribution in [-0.2, 0) is 11.3 Å². The fraction of sp³-hybridized carbons (Fsp3) is 0.333. The van der Waals surface area contributed by atoms with Gasteiger partial charge < -0.3 is 24.6 Å². The van der Waals surface area contributed by atoms with Crippen LogP contribution in [0.15, 0.2) is 48.5 Å². The molecular weight excluding hydrogens is 392 g/mol. The van der Waals surface area contributed by atoms with Crippen LogP contribution in [0.5, 0.6) is 11.5 Å². The lowest BCUT2D eigenvalue weighted by Gasteiger charge is -2.35. The van der Waals surface area contributed by atoms with Crippen molar-refractivity contribution in [3.05, 3.63) is 59.7 Å². The second kappa shape index (κ2) is 11.0. The van der Waals surface area contributed by atoms with Crippen LogP contribution in [0.3, 0.4) is 0 Å². The normalized spacial score (nSPS) is 14.3. The highest BCUT2D eigenvalue weighted by molar-refractivity contribution is 5.91. The first-order valence-electron chi connectivity index (χ1n) is 10.3. The Labute approximate surface area is 183 Å². The molecule has 1 aliphatic heterocycles. The van der Waals surface area contributed by atoms with Crippen molar-refractivity contribution in [3.8, 4) is 17.6 Å². The van der Waals surface area contributed by atoms with Gasteiger partial charge in [0.2, 0.25) is 5.91 Å². The Hall–Kier alpha value is -3.50. The number of nitrogens with zero attached hydrogens (tertiary/aromatic N) is 3. The number of ether oxygens (including phenoxy) is 2. The number of rotatable bonds is 8. The van der Waals surface area contributed by atoms with E-state index in [9.17, 15) is 4.79 Å². The molecule has 1 fully saturated rings. The lowest BCUT2D eigenvalue weighted by molar-refractivity contribution is -0.116. The molecule has 7 nitrogen and oxygen atoms in total. The maximum absolute atomic E-state index is 12.4. The number of anilines is 1. The number of piperazine rings is 1. The number of hydrogen-bond acceptors (Lipinski definition) is 6. The van der Waals surface area contributed by atoms with Crippen molar-refractivity contribution < 1.29 is 14.3 Å². The van der Waals surface area contributed by atoms with Crippen molar-refractivity contribution in [1.82, 2.24) is 10.2 Å². The third kappa shape index (κ3) is 6.24. The molecule has 2 aromatic carbocycles. The van der Waals surface area contributed by atoms with Gasteiger partial charge in [0, 0.05) is 44.5 Å². The van der Waals surface area contributed by atoms with Crippen molar-refractivity contribution in [2.24, 2.45) is 0 Å². The van der Waals surface area contributed by atoms with Crippen molar-refractivity contribution in [2.75, 3.05) is 51.8 Å². The summed E-state index contributed by atoms with van der Waals surface area (Å²) in [5.74, 6) is 0.835. The van der Waals surface area contributed by atoms with Crippen LogP contribution >= 0.6 is 0 Å². The molecule has 1 saturated heterocycles. The van der Waals surface area contributed by atoms with Crippen LogP contribution in [0.1, 0.15) is 11.1 Å². The van der Waals surface area contributed by atoms with Crippen LogP contribution in [0.25, 0.3) is 6.08 Å². The summed E-state index contributed by atoms with van der Waals surface area (Å²) in [7, 11) is 3.67. The topological polar surface area (TPSA) is 77.8 Å². The first-order valence-corrected chi connectivity index (χ1v) is 10.3. The summed E-state index contributed by atoms with van der Waals surface area (Å²) in [6.07, 6.45) is 3.22. The van der Waals surface area contributed by atoms with Gasteiger partial charge >= 0.3 is 0 Å². The number of amides is 1. The van der Waals surface area contributed by atoms with E-state index in [0.29, 0.717) is 18.0 Å². The molecule has 7 heteroatoms. The standard InChI is InChI=1S/C24H28N4O3/c1-27-12-14-28(15-13-27)21-6-4-3-5-20(21)18-26-24(29)10-8-19-7-9-22(31-16-11-25)23(17-19)30-2/h3-10,17H,12-16,18H2,1-2H3,(H,26,29)/b10-8+. The molecule has 0 unspecified atom stereocenters. The molecule has 1 aliphatic rings. The van der Waals surface area contributed by atoms with Gasteiger partial charge in [0.1, 0.15) is 6.07 Å². The quantitative estimate of drug-likeness (QED) is 0.662. The van der Waals surface area contributed by atoms with Gasteiger partial charge in [-0.15, -0.1) is 0 Å². The van der Waals surface area contributed by atoms with Crippen molar-refractivity contribution in [3.63, 3.8) is 0 Å². The molecule has 0 bridgehead atoms. The molecule has 0 atom stereocenters. The Morgan fingerprint density at radius 2 is 1.94 bits per heavy atom. The van der Waals surface area contributed by atoms with Gasteiger partial charge in [-0.2, -0.15) is 5.26 Å². The van der Waals surface area contributed by atoms with E-state index in [-0.39, 0.29) is 12.5 Å². The molecule has 0 aromatic heterocycles. The Bertz CT molecular complexity index is 960. The number of nitriles is 1. The molecule has 1 heterocycles. The summed E-state index contributed by atoms with van der Waals surface area (Å²) in [5, 5.41) is 11.6. The highest BCUT2D eigenvalue weighted by Gasteiger charge is 2.16. The van der Waals surface area contributed by atoms with E-state index in [1.54, 1.807) is 18.2 Å². The number of carbonyl (C=O) groups excluding carboxylic acids is 1. The largest absolute Gasteiger partial charge is 0.493 e. The molecular formula is C24H28N4O3. The van der Waals surface area contributed by atoms with Crippen molar-refractivity contribution >= 4 is 17.7 Å². The van der Waals surface area contributed by atoms with E-state index in [4.69, 9.17) is 14.7 Å². The van der Waals surface area contributed by atoms with Gasteiger partial charge in [-0.1, -0.05) is 24.3 Å². The summed E-state index contributed by atoms with van der Waals surface area (Å²) in [4.78, 5) is 17.1. The predicted molar refractivity (Wildman–Crippen MR) is 121 cm³/mol. The van der Waals surface area contributed by atoms with Gasteiger partial charge in [-0.05, 0) is 42.4 Å². The number of likely N-dealkylation sites (N-methyl/N-ethyl adjacent to an activating group) is 1. The van der Waals surface area contributed by atoms with E-state index >= 15 is 0 Å². The van der Waals surface area contributed by atoms with Crippen molar-refractivity contribution in [2.45, 2.75) is 6.54 Å². The molecule has 31 heavy (non-hydrogen) atoms. The van der Waals surface area contributed by atoms with Gasteiger partial charge in [0.15, 0.2) is 18.1 Å². The number of para-hydroxylation sites is 1. The number of carbonyl (C=O) groups is 1. The van der Waals surface area contributed by atoms with Gasteiger partial charge in [0.25, 0.3) is 0 Å². The number of nitrogens with one attached hydrogen (secondary N) is 1. The second-order valence-electron chi connectivity index (χ2n) is 7.33. The van der Waals surface area contributed by atoms with Crippen LogP contribution < -0.4 is 19.7 Å². The lowest BCUT2D eigenvalue weighted by atomic mass is 10.1. The minimum absolute atomic E-state index is 0.0520. The summed E-state index contributed by atoms with van der Waals surface area (Å²) in [6.45, 7) is 4.45. The first-order chi connectivity index (χ1) is 15.1. The molecule has 2 aromatic rings. The number of benzene rings is 2. The summed E-state index contributed by atoms with van der Waals surface area (Å²) in [6, 6.07) is 15.4. The third-order valence-electron chi connectivity index (χ3n) is 5.20.